The number of rotatable bonds is 2. The van der Waals surface area contributed by atoms with E-state index < -0.39 is 41.4 Å². The number of thiol groups is 1. The number of nitrogens with one attached hydrogen (secondary N) is 2. The van der Waals surface area contributed by atoms with Crippen LogP contribution in [0, 0.1) is 5.92 Å². The molecule has 7 atom stereocenters. The molecule has 2 bridgehead atoms. The van der Waals surface area contributed by atoms with Crippen molar-refractivity contribution in [2.24, 2.45) is 5.92 Å². The van der Waals surface area contributed by atoms with Gasteiger partial charge in [-0.05, 0) is 18.6 Å². The zero-order valence-electron chi connectivity index (χ0n) is 19.6. The van der Waals surface area contributed by atoms with Crippen molar-refractivity contribution in [3.8, 4) is 0 Å². The molecule has 3 aliphatic rings. The highest BCUT2D eigenvalue weighted by Gasteiger charge is 2.52. The predicted octanol–water partition coefficient (Wildman–Crippen LogP) is 1.44. The van der Waals surface area contributed by atoms with Crippen molar-refractivity contribution in [3.05, 3.63) is 45.4 Å². The van der Waals surface area contributed by atoms with E-state index in [0.29, 0.717) is 23.3 Å². The number of aromatic amines is 2. The van der Waals surface area contributed by atoms with Gasteiger partial charge in [0.25, 0.3) is 11.1 Å². The Bertz CT molecular complexity index is 1820. The van der Waals surface area contributed by atoms with E-state index in [2.05, 4.69) is 42.5 Å². The third-order valence-electron chi connectivity index (χ3n) is 6.85. The molecule has 0 aliphatic carbocycles. The smallest absolute Gasteiger partial charge is 0.386 e. The monoisotopic (exact) mass is 595 g/mol. The third kappa shape index (κ3) is 4.09. The van der Waals surface area contributed by atoms with Crippen LogP contribution in [0.15, 0.2) is 34.3 Å². The van der Waals surface area contributed by atoms with Crippen molar-refractivity contribution in [1.82, 2.24) is 39.5 Å². The van der Waals surface area contributed by atoms with Gasteiger partial charge in [-0.2, -0.15) is 4.98 Å². The molecule has 7 heterocycles. The first-order valence-corrected chi connectivity index (χ1v) is 15.3. The maximum Gasteiger partial charge on any atom is 0.386 e. The first-order valence-electron chi connectivity index (χ1n) is 11.7. The van der Waals surface area contributed by atoms with Gasteiger partial charge in [0.05, 0.1) is 18.3 Å². The lowest BCUT2D eigenvalue weighted by Gasteiger charge is -2.27. The zero-order chi connectivity index (χ0) is 27.1. The molecule has 7 rings (SSSR count). The second kappa shape index (κ2) is 8.92. The van der Waals surface area contributed by atoms with Crippen molar-refractivity contribution >= 4 is 64.8 Å². The highest BCUT2D eigenvalue weighted by Crippen LogP contribution is 2.60. The fourth-order valence-electron chi connectivity index (χ4n) is 5.07. The minimum absolute atomic E-state index is 0.0335. The summed E-state index contributed by atoms with van der Waals surface area (Å²) in [4.78, 5) is 37.6. The van der Waals surface area contributed by atoms with Crippen LogP contribution in [0.4, 0.5) is 10.3 Å². The molecule has 2 fully saturated rings. The normalized spacial score (nSPS) is 32.7. The Labute approximate surface area is 226 Å². The fourth-order valence-corrected chi connectivity index (χ4v) is 8.23. The minimum atomic E-state index is -4.08. The molecule has 19 heteroatoms. The second-order valence-corrected chi connectivity index (χ2v) is 13.5. The Kier molecular flexibility index (Phi) is 5.68. The van der Waals surface area contributed by atoms with Crippen molar-refractivity contribution < 1.29 is 22.7 Å². The Balaban J connectivity index is 1.26. The molecule has 3 aliphatic heterocycles. The Morgan fingerprint density at radius 3 is 2.97 bits per heavy atom. The van der Waals surface area contributed by atoms with Gasteiger partial charge in [0, 0.05) is 17.4 Å². The number of hydrogen-bond acceptors (Lipinski definition) is 12. The van der Waals surface area contributed by atoms with E-state index in [1.54, 1.807) is 16.8 Å². The number of nitrogens with zero attached hydrogens (tertiary/aromatic N) is 6. The Morgan fingerprint density at radius 1 is 1.28 bits per heavy atom. The van der Waals surface area contributed by atoms with Crippen LogP contribution in [-0.2, 0) is 18.3 Å². The number of alkyl halides is 1. The lowest BCUT2D eigenvalue weighted by atomic mass is 9.95. The summed E-state index contributed by atoms with van der Waals surface area (Å²) in [7, 11) is 0. The van der Waals surface area contributed by atoms with Gasteiger partial charge >= 0.3 is 6.80 Å². The van der Waals surface area contributed by atoms with Crippen LogP contribution in [0.25, 0.3) is 28.1 Å². The highest BCUT2D eigenvalue weighted by atomic mass is 32.7. The molecule has 0 saturated carbocycles. The van der Waals surface area contributed by atoms with Gasteiger partial charge in [-0.15, -0.1) is 16.9 Å². The van der Waals surface area contributed by atoms with Crippen LogP contribution in [0.1, 0.15) is 11.8 Å². The lowest BCUT2D eigenvalue weighted by molar-refractivity contribution is 0.0337. The first-order chi connectivity index (χ1) is 18.7. The van der Waals surface area contributed by atoms with Gasteiger partial charge in [-0.1, -0.05) is 17.5 Å². The van der Waals surface area contributed by atoms with Gasteiger partial charge < -0.3 is 15.5 Å². The molecule has 39 heavy (non-hydrogen) atoms. The predicted molar refractivity (Wildman–Crippen MR) is 141 cm³/mol. The van der Waals surface area contributed by atoms with Crippen molar-refractivity contribution in [2.75, 3.05) is 12.3 Å². The average molecular weight is 596 g/mol. The number of halogens is 1. The molecule has 4 aromatic rings. The molecule has 0 aromatic carbocycles. The summed E-state index contributed by atoms with van der Waals surface area (Å²) in [5.41, 5.74) is 5.14. The summed E-state index contributed by atoms with van der Waals surface area (Å²) in [5, 5.41) is 6.69. The van der Waals surface area contributed by atoms with E-state index in [9.17, 15) is 14.2 Å². The molecule has 204 valence electrons. The maximum absolute atomic E-state index is 16.0. The van der Waals surface area contributed by atoms with Crippen molar-refractivity contribution in [1.29, 1.82) is 0 Å². The van der Waals surface area contributed by atoms with Crippen LogP contribution in [0.2, 0.25) is 0 Å². The van der Waals surface area contributed by atoms with Gasteiger partial charge in [0.1, 0.15) is 23.8 Å². The van der Waals surface area contributed by atoms with E-state index >= 15 is 4.39 Å². The van der Waals surface area contributed by atoms with E-state index in [4.69, 9.17) is 19.5 Å². The van der Waals surface area contributed by atoms with E-state index in [1.807, 2.05) is 6.08 Å². The summed E-state index contributed by atoms with van der Waals surface area (Å²) in [6, 6.07) is 1.61. The van der Waals surface area contributed by atoms with Crippen molar-refractivity contribution in [3.63, 3.8) is 0 Å². The number of thioether (sulfide) groups is 1. The number of ether oxygens (including phenoxy) is 1. The summed E-state index contributed by atoms with van der Waals surface area (Å²) >= 11 is 5.26. The largest absolute Gasteiger partial charge is 0.472 e. The topological polar surface area (TPSA) is 198 Å². The fraction of sp³-hybridized carbons (Fsp3) is 0.400. The molecule has 2 saturated heterocycles. The first kappa shape index (κ1) is 24.8. The zero-order valence-corrected chi connectivity index (χ0v) is 22.2. The molecule has 3 unspecified atom stereocenters. The lowest BCUT2D eigenvalue weighted by Crippen LogP contribution is -2.34. The number of nitrogens with two attached hydrogens (primary N) is 1. The Hall–Kier alpha value is -3.18. The summed E-state index contributed by atoms with van der Waals surface area (Å²) in [6.45, 7) is -4.23. The number of anilines is 1. The van der Waals surface area contributed by atoms with E-state index in [-0.39, 0.29) is 35.2 Å². The number of nitrogen functional groups attached to an aromatic ring is 1. The molecule has 0 radical (unpaired) electrons. The molecular weight excluding hydrogens is 576 g/mol. The van der Waals surface area contributed by atoms with E-state index in [1.165, 1.54) is 22.8 Å². The minimum Gasteiger partial charge on any atom is -0.472 e. The third-order valence-corrected chi connectivity index (χ3v) is 10.0. The van der Waals surface area contributed by atoms with Crippen LogP contribution in [0.3, 0.4) is 0 Å². The highest BCUT2D eigenvalue weighted by molar-refractivity contribution is 8.44. The van der Waals surface area contributed by atoms with Crippen LogP contribution in [0.5, 0.6) is 0 Å². The molecule has 0 amide bonds. The molecular formula is C20H19FN9O6PS2. The van der Waals surface area contributed by atoms with Gasteiger partial charge in [-0.3, -0.25) is 28.2 Å². The molecule has 15 nitrogen and oxygen atoms in total. The number of aromatic nitrogens is 8. The summed E-state index contributed by atoms with van der Waals surface area (Å²) < 4.78 is 49.3. The summed E-state index contributed by atoms with van der Waals surface area (Å²) in [5.74, 6) is -0.141. The molecule has 4 N–H and O–H groups in total. The maximum atomic E-state index is 16.0. The second-order valence-electron chi connectivity index (χ2n) is 9.22. The van der Waals surface area contributed by atoms with Gasteiger partial charge in [-0.25, -0.2) is 18.6 Å². The standard InChI is InChI=1S/C20H19FN9O6PS2/c21-12-10-3-7-4-11(29-2-1-8-15(29)23-6-24-17(8)31)35-9(7)5-34-37(33,38)36-14(12)19(39-10)30-16-13(27-28-30)18(32)26-20(22)25-16/h1-2,4,6-7,9-10,12,14,19H,3,5H2,(H,33,38)(H,23,24,31)(H3,22,25,26,32)/t7?,9-,10?,12-,14-,19-,37?/m1/s1. The van der Waals surface area contributed by atoms with Crippen LogP contribution >= 0.6 is 30.8 Å². The van der Waals surface area contributed by atoms with Crippen molar-refractivity contribution in [2.45, 2.75) is 35.4 Å². The quantitative estimate of drug-likeness (QED) is 0.192. The molecule has 0 spiro atoms. The van der Waals surface area contributed by atoms with E-state index in [0.717, 1.165) is 0 Å². The van der Waals surface area contributed by atoms with Crippen LogP contribution < -0.4 is 16.9 Å². The molecule has 4 aromatic heterocycles. The van der Waals surface area contributed by atoms with Gasteiger partial charge in [0.15, 0.2) is 22.7 Å². The average Bonchev–Trinajstić information content (AvgIpc) is 3.65. The summed E-state index contributed by atoms with van der Waals surface area (Å²) in [6.07, 6.45) is 1.48. The number of hydrogen-bond donors (Lipinski definition) is 4. The Morgan fingerprint density at radius 2 is 2.13 bits per heavy atom. The van der Waals surface area contributed by atoms with Crippen LogP contribution in [-0.4, -0.2) is 69.7 Å². The number of fused-ring (bicyclic) bond motifs is 5. The van der Waals surface area contributed by atoms with Gasteiger partial charge in [0.2, 0.25) is 5.95 Å². The number of H-pyrrole nitrogens is 2. The SMILES string of the molecule is Nc1nc2c(nnn2[C@@H]2SC3CC4C=C(n5ccc6c(=O)[nH]cnc65)O[C@@H]4COP(=O)(S)O[C@@H]2[C@@H]3F)c(=O)[nH]1.